The second-order valence-electron chi connectivity index (χ2n) is 5.97. The molecule has 1 amide bonds. The minimum atomic E-state index is -0.437. The van der Waals surface area contributed by atoms with Crippen LogP contribution in [0.15, 0.2) is 0 Å². The van der Waals surface area contributed by atoms with Crippen molar-refractivity contribution in [2.24, 2.45) is 0 Å². The molecule has 98 valence electrons. The average Bonchev–Trinajstić information content (AvgIpc) is 2.10. The molecule has 5 heteroatoms. The molecule has 1 unspecified atom stereocenters. The van der Waals surface area contributed by atoms with Crippen LogP contribution in [-0.2, 0) is 9.47 Å². The zero-order valence-corrected chi connectivity index (χ0v) is 11.1. The number of carbonyl (C=O) groups excluding carboxylic acids is 1. The van der Waals surface area contributed by atoms with Gasteiger partial charge >= 0.3 is 6.09 Å². The van der Waals surface area contributed by atoms with Crippen LogP contribution in [0.25, 0.3) is 0 Å². The molecule has 0 aromatic heterocycles. The summed E-state index contributed by atoms with van der Waals surface area (Å²) in [5.41, 5.74) is -0.761. The van der Waals surface area contributed by atoms with E-state index in [1.807, 2.05) is 20.8 Å². The average molecular weight is 242 g/mol. The van der Waals surface area contributed by atoms with Gasteiger partial charge in [0.15, 0.2) is 5.72 Å². The van der Waals surface area contributed by atoms with Gasteiger partial charge in [0.05, 0.1) is 19.2 Å². The second kappa shape index (κ2) is 4.14. The fourth-order valence-corrected chi connectivity index (χ4v) is 2.20. The fourth-order valence-electron chi connectivity index (χ4n) is 2.20. The van der Waals surface area contributed by atoms with E-state index in [9.17, 15) is 4.79 Å². The first-order valence-corrected chi connectivity index (χ1v) is 6.20. The largest absolute Gasteiger partial charge is 0.444 e. The quantitative estimate of drug-likeness (QED) is 0.696. The van der Waals surface area contributed by atoms with E-state index in [0.717, 1.165) is 13.0 Å². The molecule has 2 rings (SSSR count). The van der Waals surface area contributed by atoms with Gasteiger partial charge in [-0.1, -0.05) is 0 Å². The Balaban J connectivity index is 1.83. The molecule has 1 spiro atoms. The molecule has 1 atom stereocenters. The fraction of sp³-hybridized carbons (Fsp3) is 0.917. The van der Waals surface area contributed by atoms with Gasteiger partial charge in [-0.15, -0.1) is 0 Å². The number of likely N-dealkylation sites (tertiary alicyclic amines) is 1. The van der Waals surface area contributed by atoms with Crippen LogP contribution in [-0.4, -0.2) is 48.1 Å². The van der Waals surface area contributed by atoms with Gasteiger partial charge in [0.25, 0.3) is 0 Å². The number of hydrogen-bond donors (Lipinski definition) is 1. The lowest BCUT2D eigenvalue weighted by Gasteiger charge is -2.52. The van der Waals surface area contributed by atoms with Crippen molar-refractivity contribution >= 4 is 6.09 Å². The van der Waals surface area contributed by atoms with Crippen LogP contribution in [0.2, 0.25) is 0 Å². The smallest absolute Gasteiger partial charge is 0.410 e. The van der Waals surface area contributed by atoms with Crippen molar-refractivity contribution in [3.63, 3.8) is 0 Å². The van der Waals surface area contributed by atoms with Gasteiger partial charge in [-0.05, 0) is 34.1 Å². The maximum absolute atomic E-state index is 11.8. The van der Waals surface area contributed by atoms with E-state index in [1.54, 1.807) is 4.90 Å². The summed E-state index contributed by atoms with van der Waals surface area (Å²) in [5, 5.41) is 3.34. The number of hydrogen-bond acceptors (Lipinski definition) is 4. The summed E-state index contributed by atoms with van der Waals surface area (Å²) in [6.07, 6.45) is 1.03. The molecule has 5 nitrogen and oxygen atoms in total. The highest BCUT2D eigenvalue weighted by atomic mass is 16.6. The van der Waals surface area contributed by atoms with Crippen molar-refractivity contribution in [1.82, 2.24) is 10.2 Å². The zero-order valence-electron chi connectivity index (χ0n) is 11.1. The number of rotatable bonds is 0. The summed E-state index contributed by atoms with van der Waals surface area (Å²) in [5.74, 6) is 0. The van der Waals surface area contributed by atoms with E-state index in [1.165, 1.54) is 0 Å². The Labute approximate surface area is 102 Å². The predicted octanol–water partition coefficient (Wildman–Crippen LogP) is 1.33. The lowest BCUT2D eigenvalue weighted by atomic mass is 10.0. The third kappa shape index (κ3) is 2.90. The van der Waals surface area contributed by atoms with Gasteiger partial charge < -0.3 is 9.47 Å². The molecule has 2 saturated heterocycles. The first-order valence-electron chi connectivity index (χ1n) is 6.20. The first-order chi connectivity index (χ1) is 7.80. The zero-order chi connectivity index (χ0) is 12.7. The van der Waals surface area contributed by atoms with Crippen LogP contribution in [0.3, 0.4) is 0 Å². The van der Waals surface area contributed by atoms with Gasteiger partial charge in [0.1, 0.15) is 5.60 Å². The normalized spacial score (nSPS) is 27.8. The maximum Gasteiger partial charge on any atom is 0.410 e. The van der Waals surface area contributed by atoms with Crippen molar-refractivity contribution in [2.45, 2.75) is 51.5 Å². The van der Waals surface area contributed by atoms with E-state index in [4.69, 9.17) is 9.47 Å². The number of nitrogens with zero attached hydrogens (tertiary/aromatic N) is 1. The molecule has 0 aromatic carbocycles. The number of ether oxygens (including phenoxy) is 2. The molecule has 17 heavy (non-hydrogen) atoms. The molecule has 1 N–H and O–H groups in total. The third-order valence-corrected chi connectivity index (χ3v) is 2.97. The van der Waals surface area contributed by atoms with Crippen molar-refractivity contribution in [2.75, 3.05) is 19.6 Å². The minimum Gasteiger partial charge on any atom is -0.444 e. The van der Waals surface area contributed by atoms with Crippen molar-refractivity contribution < 1.29 is 14.3 Å². The summed E-state index contributed by atoms with van der Waals surface area (Å²) in [6.45, 7) is 9.79. The molecule has 2 aliphatic heterocycles. The van der Waals surface area contributed by atoms with Gasteiger partial charge in [-0.2, -0.15) is 0 Å². The van der Waals surface area contributed by atoms with E-state index in [-0.39, 0.29) is 17.9 Å². The Kier molecular flexibility index (Phi) is 3.08. The van der Waals surface area contributed by atoms with Crippen molar-refractivity contribution in [1.29, 1.82) is 0 Å². The maximum atomic E-state index is 11.8. The van der Waals surface area contributed by atoms with E-state index >= 15 is 0 Å². The lowest BCUT2D eigenvalue weighted by Crippen LogP contribution is -2.74. The van der Waals surface area contributed by atoms with Crippen LogP contribution < -0.4 is 5.32 Å². The van der Waals surface area contributed by atoms with E-state index in [2.05, 4.69) is 12.2 Å². The Bertz CT molecular complexity index is 305. The van der Waals surface area contributed by atoms with Crippen molar-refractivity contribution in [3.05, 3.63) is 0 Å². The molecule has 2 heterocycles. The summed E-state index contributed by atoms with van der Waals surface area (Å²) >= 11 is 0. The number of amides is 1. The first kappa shape index (κ1) is 12.6. The Morgan fingerprint density at radius 3 is 2.65 bits per heavy atom. The SMILES string of the molecule is CC1CCNC2(CN(C(=O)OC(C)(C)C)C2)O1. The van der Waals surface area contributed by atoms with E-state index in [0.29, 0.717) is 13.1 Å². The van der Waals surface area contributed by atoms with Crippen LogP contribution >= 0.6 is 0 Å². The molecule has 0 aromatic rings. The highest BCUT2D eigenvalue weighted by Crippen LogP contribution is 2.28. The summed E-state index contributed by atoms with van der Waals surface area (Å²) in [7, 11) is 0. The summed E-state index contributed by atoms with van der Waals surface area (Å²) in [4.78, 5) is 13.4. The Morgan fingerprint density at radius 2 is 2.12 bits per heavy atom. The van der Waals surface area contributed by atoms with Crippen molar-refractivity contribution in [3.8, 4) is 0 Å². The third-order valence-electron chi connectivity index (χ3n) is 2.97. The molecule has 0 radical (unpaired) electrons. The van der Waals surface area contributed by atoms with Crippen LogP contribution in [0.5, 0.6) is 0 Å². The van der Waals surface area contributed by atoms with Crippen LogP contribution in [0, 0.1) is 0 Å². The predicted molar refractivity (Wildman–Crippen MR) is 63.7 cm³/mol. The Hall–Kier alpha value is -0.810. The topological polar surface area (TPSA) is 50.8 Å². The monoisotopic (exact) mass is 242 g/mol. The summed E-state index contributed by atoms with van der Waals surface area (Å²) < 4.78 is 11.2. The minimum absolute atomic E-state index is 0.258. The van der Waals surface area contributed by atoms with Crippen LogP contribution in [0.1, 0.15) is 34.1 Å². The second-order valence-corrected chi connectivity index (χ2v) is 5.97. The van der Waals surface area contributed by atoms with Crippen LogP contribution in [0.4, 0.5) is 4.79 Å². The molecule has 0 saturated carbocycles. The molecule has 2 aliphatic rings. The number of nitrogens with one attached hydrogen (secondary N) is 1. The molecule has 0 bridgehead atoms. The van der Waals surface area contributed by atoms with Gasteiger partial charge in [-0.3, -0.25) is 10.2 Å². The standard InChI is InChI=1S/C12H22N2O3/c1-9-5-6-13-12(16-9)7-14(8-12)10(15)17-11(2,3)4/h9,13H,5-8H2,1-4H3. The highest BCUT2D eigenvalue weighted by molar-refractivity contribution is 5.69. The van der Waals surface area contributed by atoms with Gasteiger partial charge in [0, 0.05) is 6.54 Å². The summed E-state index contributed by atoms with van der Waals surface area (Å²) in [6, 6.07) is 0. The molecule has 0 aliphatic carbocycles. The molecular weight excluding hydrogens is 220 g/mol. The highest BCUT2D eigenvalue weighted by Gasteiger charge is 2.49. The van der Waals surface area contributed by atoms with Gasteiger partial charge in [0.2, 0.25) is 0 Å². The number of carbonyl (C=O) groups is 1. The molecular formula is C12H22N2O3. The van der Waals surface area contributed by atoms with Gasteiger partial charge in [-0.25, -0.2) is 4.79 Å². The molecule has 2 fully saturated rings. The Morgan fingerprint density at radius 1 is 1.47 bits per heavy atom. The lowest BCUT2D eigenvalue weighted by molar-refractivity contribution is -0.201. The van der Waals surface area contributed by atoms with E-state index < -0.39 is 5.60 Å².